The molecule has 144 valence electrons. The van der Waals surface area contributed by atoms with Crippen LogP contribution in [0.2, 0.25) is 0 Å². The number of fused-ring (bicyclic) bond motifs is 1. The van der Waals surface area contributed by atoms with Gasteiger partial charge in [-0.25, -0.2) is 9.98 Å². The van der Waals surface area contributed by atoms with Crippen LogP contribution in [0.25, 0.3) is 10.2 Å². The maximum atomic E-state index is 12.5. The number of thiazole rings is 1. The lowest BCUT2D eigenvalue weighted by Gasteiger charge is -2.29. The number of nitrogens with zero attached hydrogens (tertiary/aromatic N) is 3. The maximum Gasteiger partial charge on any atom is 0.236 e. The highest BCUT2D eigenvalue weighted by Gasteiger charge is 2.17. The third-order valence-corrected chi connectivity index (χ3v) is 6.45. The van der Waals surface area contributed by atoms with Crippen molar-refractivity contribution in [2.24, 2.45) is 4.99 Å². The van der Waals surface area contributed by atoms with Crippen molar-refractivity contribution in [3.05, 3.63) is 54.6 Å². The van der Waals surface area contributed by atoms with Crippen molar-refractivity contribution in [1.29, 1.82) is 0 Å². The van der Waals surface area contributed by atoms with E-state index in [1.165, 1.54) is 42.4 Å². The number of hydrogen-bond donors (Lipinski definition) is 1. The van der Waals surface area contributed by atoms with E-state index < -0.39 is 0 Å². The summed E-state index contributed by atoms with van der Waals surface area (Å²) >= 11 is 3.00. The van der Waals surface area contributed by atoms with Crippen LogP contribution in [0.5, 0.6) is 0 Å². The monoisotopic (exact) mass is 410 g/mol. The van der Waals surface area contributed by atoms with E-state index in [4.69, 9.17) is 4.99 Å². The highest BCUT2D eigenvalue weighted by atomic mass is 32.2. The molecule has 0 radical (unpaired) electrons. The first kappa shape index (κ1) is 19.0. The summed E-state index contributed by atoms with van der Waals surface area (Å²) in [6, 6.07) is 17.8. The van der Waals surface area contributed by atoms with Crippen LogP contribution in [0.1, 0.15) is 19.3 Å². The minimum absolute atomic E-state index is 0.0539. The molecule has 1 amide bonds. The Morgan fingerprint density at radius 1 is 1.07 bits per heavy atom. The van der Waals surface area contributed by atoms with Crippen LogP contribution in [-0.4, -0.2) is 39.8 Å². The SMILES string of the molecule is O=C(CSC(=Nc1ccccc1)N1CCCCC1)Nc1nc2ccccc2s1. The molecule has 0 bridgehead atoms. The van der Waals surface area contributed by atoms with Gasteiger partial charge in [-0.3, -0.25) is 4.79 Å². The van der Waals surface area contributed by atoms with Crippen LogP contribution in [-0.2, 0) is 4.79 Å². The minimum Gasteiger partial charge on any atom is -0.351 e. The zero-order chi connectivity index (χ0) is 19.2. The summed E-state index contributed by atoms with van der Waals surface area (Å²) in [5, 5.41) is 4.49. The van der Waals surface area contributed by atoms with Crippen LogP contribution in [0.15, 0.2) is 59.6 Å². The molecule has 5 nitrogen and oxygen atoms in total. The lowest BCUT2D eigenvalue weighted by Crippen LogP contribution is -2.34. The van der Waals surface area contributed by atoms with Crippen molar-refractivity contribution >= 4 is 55.2 Å². The third kappa shape index (κ3) is 4.91. The minimum atomic E-state index is -0.0539. The molecule has 28 heavy (non-hydrogen) atoms. The number of piperidine rings is 1. The van der Waals surface area contributed by atoms with Gasteiger partial charge in [0.25, 0.3) is 0 Å². The van der Waals surface area contributed by atoms with Gasteiger partial charge in [-0.05, 0) is 43.5 Å². The number of carbonyl (C=O) groups excluding carboxylic acids is 1. The Kier molecular flexibility index (Phi) is 6.24. The summed E-state index contributed by atoms with van der Waals surface area (Å²) in [6.07, 6.45) is 3.61. The smallest absolute Gasteiger partial charge is 0.236 e. The second-order valence-corrected chi connectivity index (χ2v) is 8.57. The molecule has 0 unspecified atom stereocenters. The normalized spacial score (nSPS) is 15.0. The van der Waals surface area contributed by atoms with Gasteiger partial charge >= 0.3 is 0 Å². The molecule has 4 rings (SSSR count). The van der Waals surface area contributed by atoms with Crippen LogP contribution in [0, 0.1) is 0 Å². The number of anilines is 1. The van der Waals surface area contributed by atoms with Crippen molar-refractivity contribution in [2.75, 3.05) is 24.2 Å². The fourth-order valence-electron chi connectivity index (χ4n) is 3.10. The number of amidine groups is 1. The number of hydrogen-bond acceptors (Lipinski definition) is 5. The summed E-state index contributed by atoms with van der Waals surface area (Å²) in [6.45, 7) is 2.00. The zero-order valence-corrected chi connectivity index (χ0v) is 17.1. The van der Waals surface area contributed by atoms with E-state index in [1.807, 2.05) is 54.6 Å². The van der Waals surface area contributed by atoms with Crippen molar-refractivity contribution in [3.8, 4) is 0 Å². The van der Waals surface area contributed by atoms with Gasteiger partial charge in [0.15, 0.2) is 10.3 Å². The number of para-hydroxylation sites is 2. The quantitative estimate of drug-likeness (QED) is 0.478. The van der Waals surface area contributed by atoms with E-state index in [0.717, 1.165) is 34.2 Å². The van der Waals surface area contributed by atoms with E-state index in [-0.39, 0.29) is 5.91 Å². The van der Waals surface area contributed by atoms with Crippen molar-refractivity contribution in [1.82, 2.24) is 9.88 Å². The van der Waals surface area contributed by atoms with Gasteiger partial charge in [-0.2, -0.15) is 0 Å². The van der Waals surface area contributed by atoms with Gasteiger partial charge in [0.05, 0.1) is 21.7 Å². The van der Waals surface area contributed by atoms with Gasteiger partial charge in [0.2, 0.25) is 5.91 Å². The largest absolute Gasteiger partial charge is 0.351 e. The number of likely N-dealkylation sites (tertiary alicyclic amines) is 1. The Labute approximate surface area is 172 Å². The second kappa shape index (κ2) is 9.21. The predicted molar refractivity (Wildman–Crippen MR) is 120 cm³/mol. The number of thioether (sulfide) groups is 1. The molecule has 1 aromatic heterocycles. The molecular formula is C21H22N4OS2. The topological polar surface area (TPSA) is 57.6 Å². The van der Waals surface area contributed by atoms with Crippen LogP contribution in [0.3, 0.4) is 0 Å². The van der Waals surface area contributed by atoms with E-state index in [9.17, 15) is 4.79 Å². The molecule has 0 aliphatic carbocycles. The molecule has 2 aromatic carbocycles. The van der Waals surface area contributed by atoms with Crippen molar-refractivity contribution in [3.63, 3.8) is 0 Å². The molecule has 2 heterocycles. The number of aromatic nitrogens is 1. The average Bonchev–Trinajstić information content (AvgIpc) is 3.14. The van der Waals surface area contributed by atoms with Crippen LogP contribution < -0.4 is 5.32 Å². The maximum absolute atomic E-state index is 12.5. The molecule has 3 aromatic rings. The van der Waals surface area contributed by atoms with Crippen molar-refractivity contribution in [2.45, 2.75) is 19.3 Å². The second-order valence-electron chi connectivity index (χ2n) is 6.60. The molecule has 1 N–H and O–H groups in total. The molecule has 7 heteroatoms. The van der Waals surface area contributed by atoms with Gasteiger partial charge in [-0.1, -0.05) is 53.4 Å². The number of amides is 1. The fourth-order valence-corrected chi connectivity index (χ4v) is 4.85. The van der Waals surface area contributed by atoms with Crippen LogP contribution >= 0.6 is 23.1 Å². The van der Waals surface area contributed by atoms with E-state index in [1.54, 1.807) is 0 Å². The first-order valence-corrected chi connectivity index (χ1v) is 11.2. The number of benzene rings is 2. The molecule has 1 saturated heterocycles. The first-order chi connectivity index (χ1) is 13.8. The lowest BCUT2D eigenvalue weighted by atomic mass is 10.1. The number of nitrogens with one attached hydrogen (secondary N) is 1. The van der Waals surface area contributed by atoms with Crippen molar-refractivity contribution < 1.29 is 4.79 Å². The predicted octanol–water partition coefficient (Wildman–Crippen LogP) is 5.14. The molecule has 0 spiro atoms. The molecule has 0 saturated carbocycles. The number of rotatable bonds is 4. The van der Waals surface area contributed by atoms with E-state index in [0.29, 0.717) is 10.9 Å². The molecule has 1 aliphatic rings. The summed E-state index contributed by atoms with van der Waals surface area (Å²) in [5.41, 5.74) is 1.83. The summed E-state index contributed by atoms with van der Waals surface area (Å²) in [4.78, 5) is 24.1. The molecule has 1 aliphatic heterocycles. The number of carbonyl (C=O) groups is 1. The lowest BCUT2D eigenvalue weighted by molar-refractivity contribution is -0.113. The summed E-state index contributed by atoms with van der Waals surface area (Å²) in [5.74, 6) is 0.264. The Morgan fingerprint density at radius 2 is 1.82 bits per heavy atom. The Morgan fingerprint density at radius 3 is 2.61 bits per heavy atom. The summed E-state index contributed by atoms with van der Waals surface area (Å²) in [7, 11) is 0. The first-order valence-electron chi connectivity index (χ1n) is 9.45. The van der Waals surface area contributed by atoms with Crippen LogP contribution in [0.4, 0.5) is 10.8 Å². The standard InChI is InChI=1S/C21H22N4OS2/c26-19(24-20-23-17-11-5-6-12-18(17)28-20)15-27-21(25-13-7-2-8-14-25)22-16-9-3-1-4-10-16/h1,3-6,9-12H,2,7-8,13-15H2,(H,23,24,26). The van der Waals surface area contributed by atoms with Gasteiger partial charge < -0.3 is 10.2 Å². The molecular weight excluding hydrogens is 388 g/mol. The number of aliphatic imine (C=N–C) groups is 1. The Bertz CT molecular complexity index is 932. The molecule has 1 fully saturated rings. The molecule has 0 atom stereocenters. The highest BCUT2D eigenvalue weighted by Crippen LogP contribution is 2.26. The van der Waals surface area contributed by atoms with Gasteiger partial charge in [0.1, 0.15) is 0 Å². The van der Waals surface area contributed by atoms with E-state index >= 15 is 0 Å². The average molecular weight is 411 g/mol. The fraction of sp³-hybridized carbons (Fsp3) is 0.286. The van der Waals surface area contributed by atoms with Gasteiger partial charge in [-0.15, -0.1) is 0 Å². The summed E-state index contributed by atoms with van der Waals surface area (Å²) < 4.78 is 1.07. The Hall–Kier alpha value is -2.38. The Balaban J connectivity index is 1.42. The van der Waals surface area contributed by atoms with E-state index in [2.05, 4.69) is 15.2 Å². The third-order valence-electron chi connectivity index (χ3n) is 4.48. The van der Waals surface area contributed by atoms with Gasteiger partial charge in [0, 0.05) is 13.1 Å². The zero-order valence-electron chi connectivity index (χ0n) is 15.5. The highest BCUT2D eigenvalue weighted by molar-refractivity contribution is 8.14.